The summed E-state index contributed by atoms with van der Waals surface area (Å²) >= 11 is 0. The van der Waals surface area contributed by atoms with E-state index in [1.165, 1.54) is 0 Å². The molecule has 28 heavy (non-hydrogen) atoms. The van der Waals surface area contributed by atoms with Crippen molar-refractivity contribution in [3.63, 3.8) is 0 Å². The Hall–Kier alpha value is -2.70. The monoisotopic (exact) mass is 383 g/mol. The molecule has 1 amide bonds. The van der Waals surface area contributed by atoms with Gasteiger partial charge in [-0.2, -0.15) is 0 Å². The number of anilines is 1. The van der Waals surface area contributed by atoms with E-state index in [4.69, 9.17) is 0 Å². The van der Waals surface area contributed by atoms with Crippen molar-refractivity contribution in [2.24, 2.45) is 11.8 Å². The molecule has 7 nitrogen and oxygen atoms in total. The minimum atomic E-state index is -0.0447. The van der Waals surface area contributed by atoms with Crippen molar-refractivity contribution < 1.29 is 9.59 Å². The summed E-state index contributed by atoms with van der Waals surface area (Å²) in [5, 5.41) is 3.23. The number of H-pyrrole nitrogens is 1. The predicted molar refractivity (Wildman–Crippen MR) is 108 cm³/mol. The van der Waals surface area contributed by atoms with Crippen LogP contribution in [-0.2, 0) is 11.2 Å². The van der Waals surface area contributed by atoms with Gasteiger partial charge in [0.1, 0.15) is 17.4 Å². The highest BCUT2D eigenvalue weighted by Gasteiger charge is 2.29. The molecule has 1 saturated heterocycles. The number of aromatic amines is 1. The van der Waals surface area contributed by atoms with E-state index in [0.717, 1.165) is 30.9 Å². The molecule has 3 rings (SSSR count). The number of carbonyl (C=O) groups excluding carboxylic acids is 2. The number of Topliss-reactive ketones (excluding diaryl/α,β-unsaturated/α-hetero) is 1. The van der Waals surface area contributed by atoms with E-state index in [9.17, 15) is 9.59 Å². The molecular weight excluding hydrogens is 354 g/mol. The quantitative estimate of drug-likeness (QED) is 0.731. The molecule has 3 heterocycles. The molecule has 1 aliphatic rings. The van der Waals surface area contributed by atoms with Crippen LogP contribution in [-0.4, -0.2) is 51.2 Å². The Morgan fingerprint density at radius 3 is 2.86 bits per heavy atom. The standard InChI is InChI=1S/C21H29N5O2/c1-15(2)12-18(27)17-4-3-11-26(14-17)21(28)16-5-6-19(25-13-16)22-8-7-20-23-9-10-24-20/h5-6,9-10,13,15,17H,3-4,7-8,11-12,14H2,1-2H3,(H,22,25)(H,23,24)/t17-/m0/s1. The molecule has 2 aromatic rings. The summed E-state index contributed by atoms with van der Waals surface area (Å²) in [6, 6.07) is 3.62. The second kappa shape index (κ2) is 9.48. The highest BCUT2D eigenvalue weighted by atomic mass is 16.2. The summed E-state index contributed by atoms with van der Waals surface area (Å²) in [5.41, 5.74) is 0.563. The number of aromatic nitrogens is 3. The number of amides is 1. The highest BCUT2D eigenvalue weighted by molar-refractivity contribution is 5.94. The Morgan fingerprint density at radius 2 is 2.18 bits per heavy atom. The lowest BCUT2D eigenvalue weighted by Gasteiger charge is -2.32. The molecular formula is C21H29N5O2. The molecule has 150 valence electrons. The van der Waals surface area contributed by atoms with Crippen LogP contribution in [0.1, 0.15) is 49.3 Å². The second-order valence-electron chi connectivity index (χ2n) is 7.80. The van der Waals surface area contributed by atoms with E-state index in [0.29, 0.717) is 37.5 Å². The largest absolute Gasteiger partial charge is 0.370 e. The first-order valence-electron chi connectivity index (χ1n) is 10.0. The van der Waals surface area contributed by atoms with Crippen LogP contribution in [0.25, 0.3) is 0 Å². The van der Waals surface area contributed by atoms with Crippen molar-refractivity contribution in [3.8, 4) is 0 Å². The Balaban J connectivity index is 1.52. The van der Waals surface area contributed by atoms with Crippen LogP contribution in [0.4, 0.5) is 5.82 Å². The summed E-state index contributed by atoms with van der Waals surface area (Å²) in [6.45, 7) is 6.04. The number of likely N-dealkylation sites (tertiary alicyclic amines) is 1. The van der Waals surface area contributed by atoms with Crippen molar-refractivity contribution in [3.05, 3.63) is 42.1 Å². The Bertz CT molecular complexity index is 771. The van der Waals surface area contributed by atoms with E-state index in [-0.39, 0.29) is 17.6 Å². The van der Waals surface area contributed by atoms with Gasteiger partial charge in [-0.05, 0) is 30.9 Å². The summed E-state index contributed by atoms with van der Waals surface area (Å²) in [5.74, 6) is 2.21. The van der Waals surface area contributed by atoms with Crippen LogP contribution >= 0.6 is 0 Å². The zero-order valence-electron chi connectivity index (χ0n) is 16.6. The molecule has 0 aliphatic carbocycles. The number of pyridine rings is 1. The number of rotatable bonds is 8. The second-order valence-corrected chi connectivity index (χ2v) is 7.80. The van der Waals surface area contributed by atoms with Crippen LogP contribution in [0, 0.1) is 11.8 Å². The Kier molecular flexibility index (Phi) is 6.79. The molecule has 0 unspecified atom stereocenters. The van der Waals surface area contributed by atoms with Gasteiger partial charge in [-0.15, -0.1) is 0 Å². The smallest absolute Gasteiger partial charge is 0.255 e. The van der Waals surface area contributed by atoms with Crippen LogP contribution in [0.3, 0.4) is 0 Å². The third-order valence-corrected chi connectivity index (χ3v) is 5.01. The maximum Gasteiger partial charge on any atom is 0.255 e. The summed E-state index contributed by atoms with van der Waals surface area (Å²) < 4.78 is 0. The number of imidazole rings is 1. The van der Waals surface area contributed by atoms with Gasteiger partial charge in [0.25, 0.3) is 5.91 Å². The number of hydrogen-bond donors (Lipinski definition) is 2. The predicted octanol–water partition coefficient (Wildman–Crippen LogP) is 2.93. The summed E-state index contributed by atoms with van der Waals surface area (Å²) in [4.78, 5) is 38.6. The molecule has 1 atom stereocenters. The van der Waals surface area contributed by atoms with Crippen molar-refractivity contribution in [1.29, 1.82) is 0 Å². The fourth-order valence-corrected chi connectivity index (χ4v) is 3.54. The fraction of sp³-hybridized carbons (Fsp3) is 0.524. The van der Waals surface area contributed by atoms with Crippen LogP contribution in [0.2, 0.25) is 0 Å². The third kappa shape index (κ3) is 5.41. The van der Waals surface area contributed by atoms with Gasteiger partial charge >= 0.3 is 0 Å². The van der Waals surface area contributed by atoms with Gasteiger partial charge in [-0.1, -0.05) is 13.8 Å². The molecule has 2 N–H and O–H groups in total. The van der Waals surface area contributed by atoms with Gasteiger partial charge in [-0.25, -0.2) is 9.97 Å². The first kappa shape index (κ1) is 20.0. The summed E-state index contributed by atoms with van der Waals surface area (Å²) in [7, 11) is 0. The van der Waals surface area contributed by atoms with E-state index < -0.39 is 0 Å². The SMILES string of the molecule is CC(C)CC(=O)[C@H]1CCCN(C(=O)c2ccc(NCCc3ncc[nH]3)nc2)C1. The average Bonchev–Trinajstić information content (AvgIpc) is 3.21. The Morgan fingerprint density at radius 1 is 1.32 bits per heavy atom. The first-order chi connectivity index (χ1) is 13.5. The van der Waals surface area contributed by atoms with Crippen LogP contribution in [0.15, 0.2) is 30.7 Å². The Labute approximate surface area is 166 Å². The lowest BCUT2D eigenvalue weighted by molar-refractivity contribution is -0.124. The van der Waals surface area contributed by atoms with Crippen molar-refractivity contribution in [1.82, 2.24) is 19.9 Å². The zero-order chi connectivity index (χ0) is 19.9. The van der Waals surface area contributed by atoms with Gasteiger partial charge in [0.05, 0.1) is 5.56 Å². The van der Waals surface area contributed by atoms with Crippen LogP contribution in [0.5, 0.6) is 0 Å². The molecule has 2 aromatic heterocycles. The van der Waals surface area contributed by atoms with E-state index in [2.05, 4.69) is 34.1 Å². The fourth-order valence-electron chi connectivity index (χ4n) is 3.54. The highest BCUT2D eigenvalue weighted by Crippen LogP contribution is 2.22. The first-order valence-corrected chi connectivity index (χ1v) is 10.0. The van der Waals surface area contributed by atoms with Crippen molar-refractivity contribution >= 4 is 17.5 Å². The van der Waals surface area contributed by atoms with E-state index in [1.807, 2.05) is 6.07 Å². The van der Waals surface area contributed by atoms with Gasteiger partial charge in [0.2, 0.25) is 0 Å². The molecule has 1 fully saturated rings. The maximum absolute atomic E-state index is 12.8. The average molecular weight is 383 g/mol. The van der Waals surface area contributed by atoms with Gasteiger partial charge in [-0.3, -0.25) is 9.59 Å². The lowest BCUT2D eigenvalue weighted by atomic mass is 9.89. The zero-order valence-corrected chi connectivity index (χ0v) is 16.6. The lowest BCUT2D eigenvalue weighted by Crippen LogP contribution is -2.42. The van der Waals surface area contributed by atoms with Crippen molar-refractivity contribution in [2.45, 2.75) is 39.5 Å². The number of hydrogen-bond acceptors (Lipinski definition) is 5. The molecule has 1 aliphatic heterocycles. The topological polar surface area (TPSA) is 91.0 Å². The van der Waals surface area contributed by atoms with E-state index >= 15 is 0 Å². The molecule has 0 aromatic carbocycles. The third-order valence-electron chi connectivity index (χ3n) is 5.01. The summed E-state index contributed by atoms with van der Waals surface area (Å²) in [6.07, 6.45) is 8.26. The van der Waals surface area contributed by atoms with Crippen molar-refractivity contribution in [2.75, 3.05) is 25.0 Å². The van der Waals surface area contributed by atoms with Gasteiger partial charge in [0, 0.05) is 57.0 Å². The normalized spacial score (nSPS) is 17.0. The maximum atomic E-state index is 12.8. The van der Waals surface area contributed by atoms with Crippen LogP contribution < -0.4 is 5.32 Å². The molecule has 7 heteroatoms. The number of piperidine rings is 1. The number of nitrogens with one attached hydrogen (secondary N) is 2. The number of ketones is 1. The minimum absolute atomic E-state index is 0.0319. The van der Waals surface area contributed by atoms with E-state index in [1.54, 1.807) is 29.6 Å². The minimum Gasteiger partial charge on any atom is -0.370 e. The molecule has 0 spiro atoms. The van der Waals surface area contributed by atoms with Gasteiger partial charge < -0.3 is 15.2 Å². The van der Waals surface area contributed by atoms with Gasteiger partial charge in [0.15, 0.2) is 0 Å². The molecule has 0 saturated carbocycles. The molecule has 0 bridgehead atoms. The molecule has 0 radical (unpaired) electrons. The number of carbonyl (C=O) groups is 2. The number of nitrogens with zero attached hydrogens (tertiary/aromatic N) is 3.